The van der Waals surface area contributed by atoms with E-state index >= 15 is 0 Å². The number of aromatic nitrogens is 1. The molecule has 1 aromatic rings. The van der Waals surface area contributed by atoms with Crippen molar-refractivity contribution in [1.82, 2.24) is 4.98 Å². The van der Waals surface area contributed by atoms with Crippen LogP contribution in [0.2, 0.25) is 0 Å². The number of rotatable bonds is 5. The van der Waals surface area contributed by atoms with E-state index in [0.717, 1.165) is 17.8 Å². The number of hydrogen-bond donors (Lipinski definition) is 0. The van der Waals surface area contributed by atoms with Crippen LogP contribution >= 0.6 is 11.3 Å². The van der Waals surface area contributed by atoms with Gasteiger partial charge in [0.25, 0.3) is 0 Å². The average molecular weight is 227 g/mol. The molecule has 0 aromatic carbocycles. The number of carbonyl (C=O) groups is 1. The molecule has 0 aliphatic rings. The van der Waals surface area contributed by atoms with Gasteiger partial charge in [-0.25, -0.2) is 4.98 Å². The second kappa shape index (κ2) is 4.86. The summed E-state index contributed by atoms with van der Waals surface area (Å²) in [7, 11) is 1.70. The summed E-state index contributed by atoms with van der Waals surface area (Å²) in [5.41, 5.74) is 0.219. The molecule has 0 saturated carbocycles. The van der Waals surface area contributed by atoms with Gasteiger partial charge >= 0.3 is 0 Å². The topological polar surface area (TPSA) is 39.2 Å². The Kier molecular flexibility index (Phi) is 3.99. The van der Waals surface area contributed by atoms with Crippen LogP contribution in [0, 0.1) is 0 Å². The first-order chi connectivity index (χ1) is 7.09. The van der Waals surface area contributed by atoms with Gasteiger partial charge in [-0.3, -0.25) is 4.79 Å². The maximum atomic E-state index is 11.2. The molecule has 15 heavy (non-hydrogen) atoms. The SMILES string of the molecule is CCC(CC)(OC)c1nc(C(C)=O)cs1. The quantitative estimate of drug-likeness (QED) is 0.726. The Morgan fingerprint density at radius 3 is 2.47 bits per heavy atom. The molecular weight excluding hydrogens is 210 g/mol. The van der Waals surface area contributed by atoms with Gasteiger partial charge in [-0.05, 0) is 12.8 Å². The lowest BCUT2D eigenvalue weighted by atomic mass is 9.98. The van der Waals surface area contributed by atoms with Gasteiger partial charge in [0.1, 0.15) is 16.3 Å². The Bertz CT molecular complexity index is 334. The first-order valence-corrected chi connectivity index (χ1v) is 5.99. The summed E-state index contributed by atoms with van der Waals surface area (Å²) in [5.74, 6) is 0.00899. The third kappa shape index (κ3) is 2.26. The van der Waals surface area contributed by atoms with E-state index in [1.165, 1.54) is 18.3 Å². The van der Waals surface area contributed by atoms with E-state index in [4.69, 9.17) is 4.74 Å². The fourth-order valence-corrected chi connectivity index (χ4v) is 2.75. The summed E-state index contributed by atoms with van der Waals surface area (Å²) in [5, 5.41) is 2.71. The zero-order valence-corrected chi connectivity index (χ0v) is 10.5. The average Bonchev–Trinajstić information content (AvgIpc) is 2.71. The highest BCUT2D eigenvalue weighted by Gasteiger charge is 2.31. The molecule has 0 unspecified atom stereocenters. The third-order valence-electron chi connectivity index (χ3n) is 2.79. The predicted octanol–water partition coefficient (Wildman–Crippen LogP) is 3.01. The maximum Gasteiger partial charge on any atom is 0.178 e. The van der Waals surface area contributed by atoms with E-state index in [9.17, 15) is 4.79 Å². The van der Waals surface area contributed by atoms with E-state index in [0.29, 0.717) is 5.69 Å². The summed E-state index contributed by atoms with van der Waals surface area (Å²) in [6.45, 7) is 5.68. The third-order valence-corrected chi connectivity index (χ3v) is 3.82. The Morgan fingerprint density at radius 2 is 2.13 bits per heavy atom. The van der Waals surface area contributed by atoms with Gasteiger partial charge in [-0.15, -0.1) is 11.3 Å². The number of ether oxygens (including phenoxy) is 1. The maximum absolute atomic E-state index is 11.2. The van der Waals surface area contributed by atoms with Crippen molar-refractivity contribution < 1.29 is 9.53 Å². The summed E-state index contributed by atoms with van der Waals surface area (Å²) in [6, 6.07) is 0. The molecule has 1 heterocycles. The van der Waals surface area contributed by atoms with Crippen molar-refractivity contribution in [2.24, 2.45) is 0 Å². The fraction of sp³-hybridized carbons (Fsp3) is 0.636. The monoisotopic (exact) mass is 227 g/mol. The second-order valence-corrected chi connectivity index (χ2v) is 4.36. The minimum Gasteiger partial charge on any atom is -0.371 e. The van der Waals surface area contributed by atoms with Crippen molar-refractivity contribution in [3.63, 3.8) is 0 Å². The number of thiazole rings is 1. The number of methoxy groups -OCH3 is 1. The molecule has 0 bridgehead atoms. The van der Waals surface area contributed by atoms with Gasteiger partial charge in [-0.2, -0.15) is 0 Å². The molecule has 4 heteroatoms. The van der Waals surface area contributed by atoms with Crippen LogP contribution in [0.3, 0.4) is 0 Å². The fourth-order valence-electron chi connectivity index (χ4n) is 1.57. The molecule has 1 aromatic heterocycles. The molecule has 3 nitrogen and oxygen atoms in total. The van der Waals surface area contributed by atoms with Crippen LogP contribution in [-0.4, -0.2) is 17.9 Å². The second-order valence-electron chi connectivity index (χ2n) is 3.50. The summed E-state index contributed by atoms with van der Waals surface area (Å²) >= 11 is 1.50. The van der Waals surface area contributed by atoms with Crippen LogP contribution < -0.4 is 0 Å². The molecule has 0 fully saturated rings. The molecule has 0 atom stereocenters. The minimum atomic E-state index is -0.321. The number of Topliss-reactive ketones (excluding diaryl/α,β-unsaturated/α-hetero) is 1. The Hall–Kier alpha value is -0.740. The number of hydrogen-bond acceptors (Lipinski definition) is 4. The lowest BCUT2D eigenvalue weighted by molar-refractivity contribution is -0.0219. The van der Waals surface area contributed by atoms with Crippen molar-refractivity contribution in [3.8, 4) is 0 Å². The zero-order chi connectivity index (χ0) is 11.5. The molecule has 1 rings (SSSR count). The number of nitrogens with zero attached hydrogens (tertiary/aromatic N) is 1. The van der Waals surface area contributed by atoms with Crippen molar-refractivity contribution >= 4 is 17.1 Å². The first-order valence-electron chi connectivity index (χ1n) is 5.11. The Morgan fingerprint density at radius 1 is 1.53 bits per heavy atom. The highest BCUT2D eigenvalue weighted by atomic mass is 32.1. The molecular formula is C11H17NO2S. The van der Waals surface area contributed by atoms with Crippen LogP contribution in [0.1, 0.15) is 49.1 Å². The molecule has 0 spiro atoms. The minimum absolute atomic E-state index is 0.00899. The van der Waals surface area contributed by atoms with Crippen LogP contribution in [0.4, 0.5) is 0 Å². The molecule has 0 aliphatic heterocycles. The van der Waals surface area contributed by atoms with Crippen LogP contribution in [-0.2, 0) is 10.3 Å². The van der Waals surface area contributed by atoms with Gasteiger partial charge in [0.2, 0.25) is 0 Å². The standard InChI is InChI=1S/C11H17NO2S/c1-5-11(6-2,14-4)10-12-9(7-15-10)8(3)13/h7H,5-6H2,1-4H3. The highest BCUT2D eigenvalue weighted by molar-refractivity contribution is 7.10. The summed E-state index contributed by atoms with van der Waals surface area (Å²) in [4.78, 5) is 15.5. The van der Waals surface area contributed by atoms with Crippen LogP contribution in [0.25, 0.3) is 0 Å². The molecule has 0 N–H and O–H groups in total. The van der Waals surface area contributed by atoms with Crippen LogP contribution in [0.5, 0.6) is 0 Å². The van der Waals surface area contributed by atoms with E-state index in [2.05, 4.69) is 18.8 Å². The molecule has 0 radical (unpaired) electrons. The summed E-state index contributed by atoms with van der Waals surface area (Å²) < 4.78 is 5.55. The van der Waals surface area contributed by atoms with Gasteiger partial charge in [0.15, 0.2) is 5.78 Å². The predicted molar refractivity (Wildman–Crippen MR) is 61.4 cm³/mol. The van der Waals surface area contributed by atoms with Crippen molar-refractivity contribution in [1.29, 1.82) is 0 Å². The Balaban J connectivity index is 3.07. The molecule has 0 aliphatic carbocycles. The molecule has 0 amide bonds. The van der Waals surface area contributed by atoms with Crippen molar-refractivity contribution in [2.45, 2.75) is 39.2 Å². The normalized spacial score (nSPS) is 11.7. The van der Waals surface area contributed by atoms with E-state index < -0.39 is 0 Å². The lowest BCUT2D eigenvalue weighted by Crippen LogP contribution is -2.26. The van der Waals surface area contributed by atoms with Gasteiger partial charge in [0, 0.05) is 19.4 Å². The highest BCUT2D eigenvalue weighted by Crippen LogP contribution is 2.34. The number of carbonyl (C=O) groups excluding carboxylic acids is 1. The van der Waals surface area contributed by atoms with Gasteiger partial charge < -0.3 is 4.74 Å². The van der Waals surface area contributed by atoms with E-state index in [-0.39, 0.29) is 11.4 Å². The first kappa shape index (κ1) is 12.3. The van der Waals surface area contributed by atoms with Crippen LogP contribution in [0.15, 0.2) is 5.38 Å². The smallest absolute Gasteiger partial charge is 0.178 e. The summed E-state index contributed by atoms with van der Waals surface area (Å²) in [6.07, 6.45) is 1.73. The van der Waals surface area contributed by atoms with E-state index in [1.54, 1.807) is 12.5 Å². The van der Waals surface area contributed by atoms with Crippen molar-refractivity contribution in [3.05, 3.63) is 16.1 Å². The van der Waals surface area contributed by atoms with Gasteiger partial charge in [0.05, 0.1) is 0 Å². The number of ketones is 1. The van der Waals surface area contributed by atoms with Crippen molar-refractivity contribution in [2.75, 3.05) is 7.11 Å². The zero-order valence-electron chi connectivity index (χ0n) is 9.66. The van der Waals surface area contributed by atoms with E-state index in [1.807, 2.05) is 0 Å². The molecule has 84 valence electrons. The Labute approximate surface area is 94.5 Å². The molecule has 0 saturated heterocycles. The lowest BCUT2D eigenvalue weighted by Gasteiger charge is -2.27. The largest absolute Gasteiger partial charge is 0.371 e. The van der Waals surface area contributed by atoms with Gasteiger partial charge in [-0.1, -0.05) is 13.8 Å².